The van der Waals surface area contributed by atoms with Crippen LogP contribution < -0.4 is 0 Å². The minimum Gasteiger partial charge on any atom is -0.338 e. The molecule has 1 heterocycles. The molecular formula is C12H12Br2FNO. The van der Waals surface area contributed by atoms with Gasteiger partial charge in [-0.3, -0.25) is 4.79 Å². The zero-order valence-corrected chi connectivity index (χ0v) is 12.3. The molecule has 1 aromatic rings. The van der Waals surface area contributed by atoms with Crippen LogP contribution >= 0.6 is 31.9 Å². The molecule has 1 aliphatic heterocycles. The van der Waals surface area contributed by atoms with Crippen LogP contribution in [0.3, 0.4) is 0 Å². The Kier molecular flexibility index (Phi) is 4.20. The predicted molar refractivity (Wildman–Crippen MR) is 71.9 cm³/mol. The van der Waals surface area contributed by atoms with Crippen molar-refractivity contribution in [1.29, 1.82) is 0 Å². The van der Waals surface area contributed by atoms with Crippen molar-refractivity contribution in [3.05, 3.63) is 34.1 Å². The third kappa shape index (κ3) is 2.71. The number of hydrogen-bond donors (Lipinski definition) is 0. The van der Waals surface area contributed by atoms with Crippen LogP contribution in [0.4, 0.5) is 4.39 Å². The highest BCUT2D eigenvalue weighted by Gasteiger charge is 2.27. The van der Waals surface area contributed by atoms with Crippen LogP contribution in [0.15, 0.2) is 22.7 Å². The molecule has 1 amide bonds. The van der Waals surface area contributed by atoms with Crippen molar-refractivity contribution < 1.29 is 9.18 Å². The zero-order valence-electron chi connectivity index (χ0n) is 9.13. The van der Waals surface area contributed by atoms with Gasteiger partial charge in [0.1, 0.15) is 5.82 Å². The molecule has 1 saturated heterocycles. The summed E-state index contributed by atoms with van der Waals surface area (Å²) < 4.78 is 14.1. The van der Waals surface area contributed by atoms with Gasteiger partial charge < -0.3 is 4.90 Å². The molecule has 0 N–H and O–H groups in total. The molecule has 0 aromatic heterocycles. The molecule has 1 aliphatic rings. The Bertz CT molecular complexity index is 439. The fraction of sp³-hybridized carbons (Fsp3) is 0.417. The monoisotopic (exact) mass is 363 g/mol. The zero-order chi connectivity index (χ0) is 12.4. The van der Waals surface area contributed by atoms with Crippen LogP contribution in [-0.4, -0.2) is 29.2 Å². The maximum absolute atomic E-state index is 13.8. The lowest BCUT2D eigenvalue weighted by atomic mass is 10.1. The summed E-state index contributed by atoms with van der Waals surface area (Å²) in [4.78, 5) is 13.9. The van der Waals surface area contributed by atoms with Crippen molar-refractivity contribution in [2.45, 2.75) is 6.42 Å². The minimum atomic E-state index is -0.472. The van der Waals surface area contributed by atoms with Crippen molar-refractivity contribution in [2.75, 3.05) is 18.4 Å². The fourth-order valence-corrected chi connectivity index (χ4v) is 2.88. The maximum Gasteiger partial charge on any atom is 0.256 e. The molecule has 92 valence electrons. The largest absolute Gasteiger partial charge is 0.338 e. The molecule has 0 bridgehead atoms. The van der Waals surface area contributed by atoms with Crippen molar-refractivity contribution in [1.82, 2.24) is 4.90 Å². The Morgan fingerprint density at radius 3 is 2.94 bits per heavy atom. The van der Waals surface area contributed by atoms with Crippen LogP contribution in [0, 0.1) is 11.7 Å². The number of rotatable bonds is 2. The van der Waals surface area contributed by atoms with Gasteiger partial charge in [0.25, 0.3) is 5.91 Å². The fourth-order valence-electron chi connectivity index (χ4n) is 1.98. The van der Waals surface area contributed by atoms with E-state index < -0.39 is 5.82 Å². The Labute approximate surface area is 116 Å². The molecule has 0 radical (unpaired) electrons. The third-order valence-corrected chi connectivity index (χ3v) is 4.50. The molecule has 0 saturated carbocycles. The smallest absolute Gasteiger partial charge is 0.256 e. The first kappa shape index (κ1) is 13.0. The van der Waals surface area contributed by atoms with E-state index in [4.69, 9.17) is 0 Å². The van der Waals surface area contributed by atoms with Gasteiger partial charge in [0, 0.05) is 18.4 Å². The van der Waals surface area contributed by atoms with E-state index in [9.17, 15) is 9.18 Å². The van der Waals surface area contributed by atoms with E-state index in [0.29, 0.717) is 23.5 Å². The highest BCUT2D eigenvalue weighted by atomic mass is 79.9. The van der Waals surface area contributed by atoms with Crippen molar-refractivity contribution in [3.63, 3.8) is 0 Å². The van der Waals surface area contributed by atoms with Gasteiger partial charge >= 0.3 is 0 Å². The number of carbonyl (C=O) groups is 1. The second-order valence-electron chi connectivity index (χ2n) is 4.16. The first-order chi connectivity index (χ1) is 8.13. The van der Waals surface area contributed by atoms with E-state index in [0.717, 1.165) is 11.8 Å². The summed E-state index contributed by atoms with van der Waals surface area (Å²) in [7, 11) is 0. The Morgan fingerprint density at radius 2 is 2.29 bits per heavy atom. The number of likely N-dealkylation sites (tertiary alicyclic amines) is 1. The summed E-state index contributed by atoms with van der Waals surface area (Å²) in [5.74, 6) is -0.207. The first-order valence-corrected chi connectivity index (χ1v) is 7.34. The third-order valence-electron chi connectivity index (χ3n) is 2.97. The molecular weight excluding hydrogens is 353 g/mol. The quantitative estimate of drug-likeness (QED) is 0.736. The van der Waals surface area contributed by atoms with Gasteiger partial charge in [0.05, 0.1) is 10.0 Å². The summed E-state index contributed by atoms with van der Waals surface area (Å²) in [6.07, 6.45) is 0.979. The standard InChI is InChI=1S/C12H12Br2FNO/c13-6-8-4-5-16(7-8)12(17)9-2-1-3-10(14)11(9)15/h1-3,8H,4-7H2. The van der Waals surface area contributed by atoms with Gasteiger partial charge in [-0.2, -0.15) is 0 Å². The number of halogens is 3. The average Bonchev–Trinajstić information content (AvgIpc) is 2.80. The Hall–Kier alpha value is -0.420. The van der Waals surface area contributed by atoms with Crippen molar-refractivity contribution >= 4 is 37.8 Å². The normalized spacial score (nSPS) is 19.7. The van der Waals surface area contributed by atoms with Crippen molar-refractivity contribution in [2.24, 2.45) is 5.92 Å². The summed E-state index contributed by atoms with van der Waals surface area (Å²) >= 11 is 6.51. The van der Waals surface area contributed by atoms with Gasteiger partial charge in [0.2, 0.25) is 0 Å². The molecule has 2 rings (SSSR count). The molecule has 2 nitrogen and oxygen atoms in total. The highest BCUT2D eigenvalue weighted by Crippen LogP contribution is 2.24. The second kappa shape index (κ2) is 5.48. The lowest BCUT2D eigenvalue weighted by molar-refractivity contribution is 0.0783. The molecule has 1 unspecified atom stereocenters. The van der Waals surface area contributed by atoms with E-state index in [1.54, 1.807) is 17.0 Å². The Morgan fingerprint density at radius 1 is 1.53 bits per heavy atom. The number of carbonyl (C=O) groups excluding carboxylic acids is 1. The SMILES string of the molecule is O=C(c1cccc(Br)c1F)N1CCC(CBr)C1. The van der Waals surface area contributed by atoms with Gasteiger partial charge in [0.15, 0.2) is 0 Å². The average molecular weight is 365 g/mol. The van der Waals surface area contributed by atoms with E-state index in [1.165, 1.54) is 6.07 Å². The van der Waals surface area contributed by atoms with E-state index >= 15 is 0 Å². The molecule has 1 fully saturated rings. The number of hydrogen-bond acceptors (Lipinski definition) is 1. The highest BCUT2D eigenvalue weighted by molar-refractivity contribution is 9.10. The van der Waals surface area contributed by atoms with Crippen LogP contribution in [0.5, 0.6) is 0 Å². The summed E-state index contributed by atoms with van der Waals surface area (Å²) in [6, 6.07) is 4.81. The van der Waals surface area contributed by atoms with Crippen LogP contribution in [0.2, 0.25) is 0 Å². The van der Waals surface area contributed by atoms with Gasteiger partial charge in [-0.15, -0.1) is 0 Å². The molecule has 17 heavy (non-hydrogen) atoms. The lowest BCUT2D eigenvalue weighted by Gasteiger charge is -2.16. The van der Waals surface area contributed by atoms with Gasteiger partial charge in [-0.25, -0.2) is 4.39 Å². The lowest BCUT2D eigenvalue weighted by Crippen LogP contribution is -2.29. The molecule has 1 atom stereocenters. The van der Waals surface area contributed by atoms with Crippen LogP contribution in [-0.2, 0) is 0 Å². The summed E-state index contributed by atoms with van der Waals surface area (Å²) in [5, 5.41) is 0.887. The van der Waals surface area contributed by atoms with E-state index in [-0.39, 0.29) is 11.5 Å². The molecule has 1 aromatic carbocycles. The topological polar surface area (TPSA) is 20.3 Å². The second-order valence-corrected chi connectivity index (χ2v) is 5.66. The molecule has 0 spiro atoms. The molecule has 5 heteroatoms. The Balaban J connectivity index is 2.18. The summed E-state index contributed by atoms with van der Waals surface area (Å²) in [5.41, 5.74) is 0.148. The van der Waals surface area contributed by atoms with Gasteiger partial charge in [-0.1, -0.05) is 22.0 Å². The van der Waals surface area contributed by atoms with E-state index in [2.05, 4.69) is 31.9 Å². The number of amides is 1. The van der Waals surface area contributed by atoms with Crippen LogP contribution in [0.1, 0.15) is 16.8 Å². The minimum absolute atomic E-state index is 0.148. The first-order valence-electron chi connectivity index (χ1n) is 5.42. The number of benzene rings is 1. The van der Waals surface area contributed by atoms with E-state index in [1.807, 2.05) is 0 Å². The maximum atomic E-state index is 13.8. The number of nitrogens with zero attached hydrogens (tertiary/aromatic N) is 1. The number of alkyl halides is 1. The van der Waals surface area contributed by atoms with Crippen molar-refractivity contribution in [3.8, 4) is 0 Å². The summed E-state index contributed by atoms with van der Waals surface area (Å²) in [6.45, 7) is 1.41. The predicted octanol–water partition coefficient (Wildman–Crippen LogP) is 3.45. The van der Waals surface area contributed by atoms with Gasteiger partial charge in [-0.05, 0) is 40.4 Å². The molecule has 0 aliphatic carbocycles. The van der Waals surface area contributed by atoms with Crippen LogP contribution in [0.25, 0.3) is 0 Å².